The van der Waals surface area contributed by atoms with Gasteiger partial charge in [0.2, 0.25) is 5.91 Å². The van der Waals surface area contributed by atoms with Gasteiger partial charge in [0.1, 0.15) is 5.41 Å². The molecule has 0 aromatic carbocycles. The Hall–Kier alpha value is -1.83. The van der Waals surface area contributed by atoms with Gasteiger partial charge >= 0.3 is 0 Å². The van der Waals surface area contributed by atoms with E-state index in [4.69, 9.17) is 0 Å². The molecule has 0 bridgehead atoms. The second kappa shape index (κ2) is 5.48. The molecule has 1 amide bonds. The number of aromatic amines is 1. The zero-order chi connectivity index (χ0) is 12.9. The number of hydrogen-bond acceptors (Lipinski definition) is 3. The number of hydrogen-bond donors (Lipinski definition) is 1. The third-order valence-electron chi connectivity index (χ3n) is 3.15. The Kier molecular flexibility index (Phi) is 4.27. The number of H-pyrrole nitrogens is 1. The fourth-order valence-electron chi connectivity index (χ4n) is 1.83. The fourth-order valence-corrected chi connectivity index (χ4v) is 1.83. The molecule has 1 N–H and O–H groups in total. The van der Waals surface area contributed by atoms with Gasteiger partial charge in [0.25, 0.3) is 0 Å². The van der Waals surface area contributed by atoms with Crippen molar-refractivity contribution in [2.45, 2.75) is 33.2 Å². The average molecular weight is 234 g/mol. The van der Waals surface area contributed by atoms with Gasteiger partial charge in [-0.15, -0.1) is 0 Å². The maximum Gasteiger partial charge on any atom is 0.243 e. The Labute approximate surface area is 101 Å². The zero-order valence-electron chi connectivity index (χ0n) is 10.5. The first-order valence-corrected chi connectivity index (χ1v) is 5.74. The van der Waals surface area contributed by atoms with Crippen molar-refractivity contribution in [3.63, 3.8) is 0 Å². The second-order valence-corrected chi connectivity index (χ2v) is 4.17. The van der Waals surface area contributed by atoms with E-state index >= 15 is 0 Å². The zero-order valence-corrected chi connectivity index (χ0v) is 10.5. The summed E-state index contributed by atoms with van der Waals surface area (Å²) in [5.74, 6) is -0.119. The Bertz CT molecular complexity index is 401. The number of carbonyl (C=O) groups is 1. The van der Waals surface area contributed by atoms with E-state index in [1.54, 1.807) is 24.3 Å². The van der Waals surface area contributed by atoms with Crippen LogP contribution in [0, 0.1) is 16.7 Å². The monoisotopic (exact) mass is 234 g/mol. The highest BCUT2D eigenvalue weighted by Gasteiger charge is 2.37. The number of carbonyl (C=O) groups excluding carboxylic acids is 1. The van der Waals surface area contributed by atoms with E-state index < -0.39 is 5.41 Å². The maximum atomic E-state index is 12.3. The summed E-state index contributed by atoms with van der Waals surface area (Å²) in [5.41, 5.74) is 0.0401. The highest BCUT2D eigenvalue weighted by atomic mass is 16.2. The van der Waals surface area contributed by atoms with Crippen LogP contribution < -0.4 is 0 Å². The fraction of sp³-hybridized carbons (Fsp3) is 0.583. The molecular weight excluding hydrogens is 216 g/mol. The molecule has 0 unspecified atom stereocenters. The maximum absolute atomic E-state index is 12.3. The van der Waals surface area contributed by atoms with Gasteiger partial charge < -0.3 is 4.90 Å². The normalized spacial score (nSPS) is 10.9. The van der Waals surface area contributed by atoms with Crippen LogP contribution in [-0.4, -0.2) is 28.1 Å². The summed E-state index contributed by atoms with van der Waals surface area (Å²) < 4.78 is 0. The molecule has 5 heteroatoms. The molecule has 0 saturated heterocycles. The van der Waals surface area contributed by atoms with Crippen LogP contribution in [0.1, 0.15) is 32.3 Å². The number of nitrogens with one attached hydrogen (secondary N) is 1. The Morgan fingerprint density at radius 3 is 2.65 bits per heavy atom. The summed E-state index contributed by atoms with van der Waals surface area (Å²) in [7, 11) is 1.72. The molecule has 0 spiro atoms. The van der Waals surface area contributed by atoms with E-state index in [9.17, 15) is 10.1 Å². The molecule has 1 heterocycles. The highest BCUT2D eigenvalue weighted by Crippen LogP contribution is 2.28. The number of nitrogens with zero attached hydrogens (tertiary/aromatic N) is 3. The minimum absolute atomic E-state index is 0.119. The molecule has 0 fully saturated rings. The topological polar surface area (TPSA) is 72.8 Å². The molecule has 1 aromatic rings. The quantitative estimate of drug-likeness (QED) is 0.842. The summed E-state index contributed by atoms with van der Waals surface area (Å²) in [6, 6.07) is 2.16. The third kappa shape index (κ3) is 2.64. The molecule has 0 aliphatic heterocycles. The lowest BCUT2D eigenvalue weighted by Gasteiger charge is -2.28. The first-order chi connectivity index (χ1) is 8.09. The molecule has 0 aliphatic carbocycles. The van der Waals surface area contributed by atoms with Gasteiger partial charge in [0.15, 0.2) is 0 Å². The Balaban J connectivity index is 2.78. The molecule has 0 radical (unpaired) electrons. The Morgan fingerprint density at radius 1 is 1.59 bits per heavy atom. The predicted molar refractivity (Wildman–Crippen MR) is 63.7 cm³/mol. The lowest BCUT2D eigenvalue weighted by molar-refractivity contribution is -0.138. The van der Waals surface area contributed by atoms with E-state index in [-0.39, 0.29) is 5.91 Å². The van der Waals surface area contributed by atoms with Crippen LogP contribution in [0.5, 0.6) is 0 Å². The van der Waals surface area contributed by atoms with Crippen LogP contribution in [0.3, 0.4) is 0 Å². The molecule has 0 atom stereocenters. The first kappa shape index (κ1) is 13.2. The molecular formula is C12H18N4O. The van der Waals surface area contributed by atoms with E-state index in [0.717, 1.165) is 5.56 Å². The van der Waals surface area contributed by atoms with Crippen LogP contribution in [0.4, 0.5) is 0 Å². The highest BCUT2D eigenvalue weighted by molar-refractivity contribution is 5.85. The van der Waals surface area contributed by atoms with Crippen LogP contribution in [0.2, 0.25) is 0 Å². The summed E-state index contributed by atoms with van der Waals surface area (Å²) in [4.78, 5) is 13.8. The van der Waals surface area contributed by atoms with Crippen LogP contribution in [0.25, 0.3) is 0 Å². The summed E-state index contributed by atoms with van der Waals surface area (Å²) in [5, 5.41) is 15.7. The van der Waals surface area contributed by atoms with Crippen molar-refractivity contribution in [2.75, 3.05) is 7.05 Å². The van der Waals surface area contributed by atoms with E-state index in [2.05, 4.69) is 16.3 Å². The van der Waals surface area contributed by atoms with Crippen molar-refractivity contribution in [1.82, 2.24) is 15.1 Å². The van der Waals surface area contributed by atoms with Crippen LogP contribution >= 0.6 is 0 Å². The summed E-state index contributed by atoms with van der Waals surface area (Å²) in [6.07, 6.45) is 4.49. The SMILES string of the molecule is CCC(C#N)(CC)C(=O)N(C)Cc1cn[nH]c1. The lowest BCUT2D eigenvalue weighted by Crippen LogP contribution is -2.40. The third-order valence-corrected chi connectivity index (χ3v) is 3.15. The molecule has 5 nitrogen and oxygen atoms in total. The van der Waals surface area contributed by atoms with E-state index in [1.807, 2.05) is 13.8 Å². The van der Waals surface area contributed by atoms with Gasteiger partial charge in [-0.1, -0.05) is 13.8 Å². The van der Waals surface area contributed by atoms with Gasteiger partial charge in [-0.05, 0) is 12.8 Å². The van der Waals surface area contributed by atoms with Crippen molar-refractivity contribution in [1.29, 1.82) is 5.26 Å². The Morgan fingerprint density at radius 2 is 2.24 bits per heavy atom. The minimum Gasteiger partial charge on any atom is -0.340 e. The predicted octanol–water partition coefficient (Wildman–Crippen LogP) is 1.70. The number of rotatable bonds is 5. The van der Waals surface area contributed by atoms with Crippen molar-refractivity contribution >= 4 is 5.91 Å². The summed E-state index contributed by atoms with van der Waals surface area (Å²) in [6.45, 7) is 4.21. The van der Waals surface area contributed by atoms with Crippen molar-refractivity contribution in [2.24, 2.45) is 5.41 Å². The molecule has 1 aromatic heterocycles. The number of nitriles is 1. The van der Waals surface area contributed by atoms with E-state index in [0.29, 0.717) is 19.4 Å². The van der Waals surface area contributed by atoms with Crippen molar-refractivity contribution in [3.05, 3.63) is 18.0 Å². The van der Waals surface area contributed by atoms with Crippen LogP contribution in [0.15, 0.2) is 12.4 Å². The lowest BCUT2D eigenvalue weighted by atomic mass is 9.82. The average Bonchev–Trinajstić information content (AvgIpc) is 2.84. The molecule has 92 valence electrons. The van der Waals surface area contributed by atoms with Crippen LogP contribution in [-0.2, 0) is 11.3 Å². The minimum atomic E-state index is -0.890. The molecule has 1 rings (SSSR count). The van der Waals surface area contributed by atoms with Crippen molar-refractivity contribution < 1.29 is 4.79 Å². The summed E-state index contributed by atoms with van der Waals surface area (Å²) >= 11 is 0. The van der Waals surface area contributed by atoms with Gasteiger partial charge in [0, 0.05) is 25.4 Å². The van der Waals surface area contributed by atoms with Crippen molar-refractivity contribution in [3.8, 4) is 6.07 Å². The first-order valence-electron chi connectivity index (χ1n) is 5.74. The molecule has 17 heavy (non-hydrogen) atoms. The van der Waals surface area contributed by atoms with Gasteiger partial charge in [-0.3, -0.25) is 9.89 Å². The standard InChI is InChI=1S/C12H18N4O/c1-4-12(5-2,9-13)11(17)16(3)8-10-6-14-15-7-10/h6-7H,4-5,8H2,1-3H3,(H,14,15). The molecule has 0 saturated carbocycles. The molecule has 0 aliphatic rings. The second-order valence-electron chi connectivity index (χ2n) is 4.17. The van der Waals surface area contributed by atoms with E-state index in [1.165, 1.54) is 0 Å². The number of aromatic nitrogens is 2. The number of amides is 1. The van der Waals surface area contributed by atoms with Gasteiger partial charge in [-0.2, -0.15) is 10.4 Å². The van der Waals surface area contributed by atoms with Gasteiger partial charge in [-0.25, -0.2) is 0 Å². The largest absolute Gasteiger partial charge is 0.340 e. The smallest absolute Gasteiger partial charge is 0.243 e. The van der Waals surface area contributed by atoms with Gasteiger partial charge in [0.05, 0.1) is 12.3 Å².